The van der Waals surface area contributed by atoms with Gasteiger partial charge in [0.05, 0.1) is 6.54 Å². The van der Waals surface area contributed by atoms with Gasteiger partial charge in [-0.3, -0.25) is 4.79 Å². The number of halogens is 1. The van der Waals surface area contributed by atoms with Crippen molar-refractivity contribution < 1.29 is 13.9 Å². The lowest BCUT2D eigenvalue weighted by molar-refractivity contribution is -0.128. The molecule has 5 heteroatoms. The molecule has 1 aliphatic rings. The summed E-state index contributed by atoms with van der Waals surface area (Å²) in [5.41, 5.74) is 5.79. The molecule has 17 heavy (non-hydrogen) atoms. The van der Waals surface area contributed by atoms with Crippen LogP contribution in [0.2, 0.25) is 0 Å². The summed E-state index contributed by atoms with van der Waals surface area (Å²) < 4.78 is 18.6. The molecule has 4 nitrogen and oxygen atoms in total. The zero-order valence-electron chi connectivity index (χ0n) is 9.49. The molecule has 1 saturated heterocycles. The minimum absolute atomic E-state index is 0.145. The van der Waals surface area contributed by atoms with Crippen molar-refractivity contribution in [3.8, 4) is 5.75 Å². The van der Waals surface area contributed by atoms with E-state index in [0.717, 1.165) is 13.0 Å². The summed E-state index contributed by atoms with van der Waals surface area (Å²) >= 11 is 0. The molecule has 2 rings (SSSR count). The highest BCUT2D eigenvalue weighted by atomic mass is 19.1. The van der Waals surface area contributed by atoms with Gasteiger partial charge in [-0.1, -0.05) is 0 Å². The third-order valence-corrected chi connectivity index (χ3v) is 2.75. The molecule has 0 radical (unpaired) electrons. The first-order chi connectivity index (χ1) is 8.16. The Balaban J connectivity index is 1.83. The number of carbonyl (C=O) groups excluding carboxylic acids is 1. The van der Waals surface area contributed by atoms with Crippen LogP contribution < -0.4 is 10.5 Å². The fourth-order valence-corrected chi connectivity index (χ4v) is 1.84. The van der Waals surface area contributed by atoms with Crippen LogP contribution in [0, 0.1) is 5.82 Å². The zero-order chi connectivity index (χ0) is 12.3. The number of nitrogen functional groups attached to an aromatic ring is 1. The van der Waals surface area contributed by atoms with E-state index in [-0.39, 0.29) is 11.7 Å². The predicted octanol–water partition coefficient (Wildman–Crippen LogP) is 1.41. The van der Waals surface area contributed by atoms with E-state index in [0.29, 0.717) is 25.3 Å². The number of nitrogens with two attached hydrogens (primary N) is 1. The average Bonchev–Trinajstić information content (AvgIpc) is 2.68. The second kappa shape index (κ2) is 5.03. The first-order valence-corrected chi connectivity index (χ1v) is 5.62. The molecular formula is C12H15FN2O2. The number of anilines is 1. The number of hydrogen-bond donors (Lipinski definition) is 1. The summed E-state index contributed by atoms with van der Waals surface area (Å²) in [7, 11) is 0. The number of benzene rings is 1. The summed E-state index contributed by atoms with van der Waals surface area (Å²) in [6.45, 7) is 1.57. The molecule has 0 aromatic heterocycles. The molecule has 1 aromatic rings. The van der Waals surface area contributed by atoms with Gasteiger partial charge in [-0.25, -0.2) is 4.39 Å². The van der Waals surface area contributed by atoms with E-state index in [4.69, 9.17) is 10.5 Å². The highest BCUT2D eigenvalue weighted by Gasteiger charge is 2.19. The van der Waals surface area contributed by atoms with Crippen LogP contribution in [-0.2, 0) is 4.79 Å². The fraction of sp³-hybridized carbons (Fsp3) is 0.417. The van der Waals surface area contributed by atoms with Crippen molar-refractivity contribution in [3.05, 3.63) is 24.0 Å². The molecule has 0 saturated carbocycles. The lowest BCUT2D eigenvalue weighted by Crippen LogP contribution is -2.29. The van der Waals surface area contributed by atoms with Crippen LogP contribution in [0.15, 0.2) is 18.2 Å². The van der Waals surface area contributed by atoms with E-state index >= 15 is 0 Å². The van der Waals surface area contributed by atoms with Crippen molar-refractivity contribution in [1.82, 2.24) is 4.90 Å². The van der Waals surface area contributed by atoms with Crippen molar-refractivity contribution in [2.75, 3.05) is 25.4 Å². The van der Waals surface area contributed by atoms with Crippen molar-refractivity contribution in [2.45, 2.75) is 12.8 Å². The molecule has 1 aliphatic heterocycles. The number of likely N-dealkylation sites (tertiary alicyclic amines) is 1. The summed E-state index contributed by atoms with van der Waals surface area (Å²) in [5, 5.41) is 0. The third kappa shape index (κ3) is 2.87. The van der Waals surface area contributed by atoms with Crippen LogP contribution >= 0.6 is 0 Å². The Labute approximate surface area is 99.2 Å². The van der Waals surface area contributed by atoms with E-state index in [2.05, 4.69) is 0 Å². The summed E-state index contributed by atoms with van der Waals surface area (Å²) in [6.07, 6.45) is 1.51. The zero-order valence-corrected chi connectivity index (χ0v) is 9.49. The van der Waals surface area contributed by atoms with Gasteiger partial charge in [-0.15, -0.1) is 0 Å². The Morgan fingerprint density at radius 1 is 1.47 bits per heavy atom. The van der Waals surface area contributed by atoms with Crippen molar-refractivity contribution in [2.24, 2.45) is 0 Å². The predicted molar refractivity (Wildman–Crippen MR) is 62.1 cm³/mol. The molecule has 1 amide bonds. The van der Waals surface area contributed by atoms with E-state index in [1.54, 1.807) is 11.0 Å². The van der Waals surface area contributed by atoms with Gasteiger partial charge in [-0.05, 0) is 18.6 Å². The second-order valence-electron chi connectivity index (χ2n) is 4.02. The van der Waals surface area contributed by atoms with Crippen LogP contribution in [0.25, 0.3) is 0 Å². The monoisotopic (exact) mass is 238 g/mol. The lowest BCUT2D eigenvalue weighted by Gasteiger charge is -2.16. The van der Waals surface area contributed by atoms with Gasteiger partial charge < -0.3 is 15.4 Å². The molecule has 1 fully saturated rings. The number of amides is 1. The maximum Gasteiger partial charge on any atom is 0.222 e. The number of ether oxygens (including phenoxy) is 1. The van der Waals surface area contributed by atoms with Crippen molar-refractivity contribution in [3.63, 3.8) is 0 Å². The normalized spacial score (nSPS) is 15.4. The van der Waals surface area contributed by atoms with Crippen LogP contribution in [0.5, 0.6) is 5.75 Å². The summed E-state index contributed by atoms with van der Waals surface area (Å²) in [4.78, 5) is 13.0. The van der Waals surface area contributed by atoms with Gasteiger partial charge in [0.1, 0.15) is 6.61 Å². The van der Waals surface area contributed by atoms with Crippen molar-refractivity contribution >= 4 is 11.6 Å². The molecule has 0 spiro atoms. The quantitative estimate of drug-likeness (QED) is 0.807. The van der Waals surface area contributed by atoms with E-state index in [9.17, 15) is 9.18 Å². The third-order valence-electron chi connectivity index (χ3n) is 2.75. The maximum absolute atomic E-state index is 13.3. The highest BCUT2D eigenvalue weighted by Crippen LogP contribution is 2.19. The topological polar surface area (TPSA) is 55.6 Å². The molecule has 0 unspecified atom stereocenters. The summed E-state index contributed by atoms with van der Waals surface area (Å²) in [5.74, 6) is -0.157. The van der Waals surface area contributed by atoms with Gasteiger partial charge >= 0.3 is 0 Å². The molecule has 0 bridgehead atoms. The van der Waals surface area contributed by atoms with Gasteiger partial charge in [0.15, 0.2) is 11.6 Å². The molecule has 0 aliphatic carbocycles. The smallest absolute Gasteiger partial charge is 0.222 e. The van der Waals surface area contributed by atoms with Crippen LogP contribution in [0.1, 0.15) is 12.8 Å². The maximum atomic E-state index is 13.3. The molecular weight excluding hydrogens is 223 g/mol. The minimum Gasteiger partial charge on any atom is -0.489 e. The van der Waals surface area contributed by atoms with E-state index in [1.165, 1.54) is 12.1 Å². The van der Waals surface area contributed by atoms with E-state index in [1.807, 2.05) is 0 Å². The standard InChI is InChI=1S/C12H15FN2O2/c13-10-8-9(14)3-4-11(10)17-7-6-15-5-1-2-12(15)16/h3-4,8H,1-2,5-7,14H2. The van der Waals surface area contributed by atoms with Gasteiger partial charge in [0, 0.05) is 24.7 Å². The average molecular weight is 238 g/mol. The SMILES string of the molecule is Nc1ccc(OCCN2CCCC2=O)c(F)c1. The van der Waals surface area contributed by atoms with Gasteiger partial charge in [-0.2, -0.15) is 0 Å². The minimum atomic E-state index is -0.474. The highest BCUT2D eigenvalue weighted by molar-refractivity contribution is 5.78. The number of nitrogens with zero attached hydrogens (tertiary/aromatic N) is 1. The van der Waals surface area contributed by atoms with E-state index < -0.39 is 5.82 Å². The second-order valence-corrected chi connectivity index (χ2v) is 4.02. The first kappa shape index (κ1) is 11.7. The lowest BCUT2D eigenvalue weighted by atomic mass is 10.3. The first-order valence-electron chi connectivity index (χ1n) is 5.62. The number of hydrogen-bond acceptors (Lipinski definition) is 3. The Bertz CT molecular complexity index is 423. The van der Waals surface area contributed by atoms with Gasteiger partial charge in [0.25, 0.3) is 0 Å². The van der Waals surface area contributed by atoms with Gasteiger partial charge in [0.2, 0.25) is 5.91 Å². The molecule has 92 valence electrons. The molecule has 1 heterocycles. The fourth-order valence-electron chi connectivity index (χ4n) is 1.84. The largest absolute Gasteiger partial charge is 0.489 e. The van der Waals surface area contributed by atoms with Crippen molar-refractivity contribution in [1.29, 1.82) is 0 Å². The van der Waals surface area contributed by atoms with Crippen LogP contribution in [0.3, 0.4) is 0 Å². The van der Waals surface area contributed by atoms with Crippen LogP contribution in [0.4, 0.5) is 10.1 Å². The molecule has 1 aromatic carbocycles. The Morgan fingerprint density at radius 2 is 2.29 bits per heavy atom. The Kier molecular flexibility index (Phi) is 3.46. The summed E-state index contributed by atoms with van der Waals surface area (Å²) in [6, 6.07) is 4.30. The Morgan fingerprint density at radius 3 is 2.94 bits per heavy atom. The number of rotatable bonds is 4. The van der Waals surface area contributed by atoms with Crippen LogP contribution in [-0.4, -0.2) is 30.5 Å². The molecule has 2 N–H and O–H groups in total. The Hall–Kier alpha value is -1.78. The number of carbonyl (C=O) groups is 1. The molecule has 0 atom stereocenters.